The Morgan fingerprint density at radius 3 is 2.00 bits per heavy atom. The van der Waals surface area contributed by atoms with Gasteiger partial charge in [-0.1, -0.05) is 59.6 Å². The number of para-hydroxylation sites is 1. The fourth-order valence-electron chi connectivity index (χ4n) is 1.24. The van der Waals surface area contributed by atoms with Crippen LogP contribution in [0.5, 0.6) is 5.75 Å². The number of hydrogen-bond acceptors (Lipinski definition) is 4. The molecule has 18 heavy (non-hydrogen) atoms. The molecular formula is C12H10MoO2PS2. The van der Waals surface area contributed by atoms with Gasteiger partial charge >= 0.3 is 21.1 Å². The zero-order chi connectivity index (χ0) is 12.1. The molecule has 0 aliphatic rings. The smallest absolute Gasteiger partial charge is 0.783 e. The van der Waals surface area contributed by atoms with Crippen LogP contribution in [0.2, 0.25) is 0 Å². The third-order valence-corrected chi connectivity index (χ3v) is 5.48. The zero-order valence-electron chi connectivity index (χ0n) is 9.26. The molecular weight excluding hydrogens is 367 g/mol. The largest absolute Gasteiger partial charge is 1.00 e. The number of hydrogen-bond donors (Lipinski definition) is 0. The Morgan fingerprint density at radius 2 is 1.44 bits per heavy atom. The maximum Gasteiger partial charge on any atom is 1.00 e. The Kier molecular flexibility index (Phi) is 6.62. The summed E-state index contributed by atoms with van der Waals surface area (Å²) < 4.78 is 5.34. The molecule has 0 fully saturated rings. The van der Waals surface area contributed by atoms with Crippen molar-refractivity contribution in [2.45, 2.75) is 4.90 Å². The van der Waals surface area contributed by atoms with Gasteiger partial charge in [0.15, 0.2) is 0 Å². The fourth-order valence-corrected chi connectivity index (χ4v) is 4.74. The van der Waals surface area contributed by atoms with E-state index in [9.17, 15) is 4.89 Å². The van der Waals surface area contributed by atoms with E-state index in [-0.39, 0.29) is 21.1 Å². The minimum Gasteiger partial charge on any atom is -0.783 e. The van der Waals surface area contributed by atoms with Crippen LogP contribution in [0.15, 0.2) is 65.6 Å². The Morgan fingerprint density at radius 1 is 0.944 bits per heavy atom. The van der Waals surface area contributed by atoms with Gasteiger partial charge in [0.1, 0.15) is 11.4 Å². The molecule has 1 unspecified atom stereocenters. The molecule has 0 amide bonds. The number of benzene rings is 2. The van der Waals surface area contributed by atoms with Crippen molar-refractivity contribution in [1.82, 2.24) is 0 Å². The maximum atomic E-state index is 12.1. The van der Waals surface area contributed by atoms with E-state index in [0.29, 0.717) is 5.75 Å². The van der Waals surface area contributed by atoms with E-state index in [1.54, 1.807) is 12.1 Å². The van der Waals surface area contributed by atoms with Crippen LogP contribution in [-0.4, -0.2) is 0 Å². The van der Waals surface area contributed by atoms with Gasteiger partial charge in [-0.15, -0.1) is 0 Å². The summed E-state index contributed by atoms with van der Waals surface area (Å²) in [5.74, 6) is 0.536. The molecule has 0 aliphatic carbocycles. The van der Waals surface area contributed by atoms with Gasteiger partial charge in [-0.3, -0.25) is 0 Å². The summed E-state index contributed by atoms with van der Waals surface area (Å²) in [6.07, 6.45) is 0. The Hall–Kier alpha value is -0.112. The second-order valence-electron chi connectivity index (χ2n) is 3.26. The Labute approximate surface area is 130 Å². The first-order valence-corrected chi connectivity index (χ1v) is 9.02. The second-order valence-corrected chi connectivity index (χ2v) is 9.11. The van der Waals surface area contributed by atoms with E-state index in [4.69, 9.17) is 16.3 Å². The van der Waals surface area contributed by atoms with Crippen LogP contribution >= 0.6 is 17.1 Å². The first kappa shape index (κ1) is 15.9. The van der Waals surface area contributed by atoms with Crippen LogP contribution in [0.4, 0.5) is 0 Å². The second kappa shape index (κ2) is 7.47. The molecule has 93 valence electrons. The third kappa shape index (κ3) is 5.25. The summed E-state index contributed by atoms with van der Waals surface area (Å²) in [5, 5.41) is 0. The number of rotatable bonds is 4. The molecule has 2 rings (SSSR count). The SMILES string of the molecule is [Mo+].[O-]P(=S)(Oc1ccccc1)Sc1ccccc1. The molecule has 2 aromatic carbocycles. The molecule has 1 radical (unpaired) electrons. The molecule has 0 saturated heterocycles. The Bertz CT molecular complexity index is 477. The monoisotopic (exact) mass is 379 g/mol. The molecule has 1 atom stereocenters. The van der Waals surface area contributed by atoms with Gasteiger partial charge in [-0.05, 0) is 24.3 Å². The van der Waals surface area contributed by atoms with E-state index in [1.807, 2.05) is 48.5 Å². The maximum absolute atomic E-state index is 12.1. The third-order valence-electron chi connectivity index (χ3n) is 1.92. The predicted octanol–water partition coefficient (Wildman–Crippen LogP) is 3.44. The van der Waals surface area contributed by atoms with Gasteiger partial charge in [0.05, 0.1) is 0 Å². The standard InChI is InChI=1S/C12H11O2PS2.Mo/c13-15(16,14-11-7-3-1-4-8-11)17-12-9-5-2-6-10-12;/h1-10H,(H,13,16);/q;+1/p-1. The molecule has 0 spiro atoms. The molecule has 0 aliphatic heterocycles. The van der Waals surface area contributed by atoms with Crippen LogP contribution in [0, 0.1) is 0 Å². The summed E-state index contributed by atoms with van der Waals surface area (Å²) in [6.45, 7) is 0. The van der Waals surface area contributed by atoms with E-state index in [0.717, 1.165) is 16.3 Å². The topological polar surface area (TPSA) is 32.3 Å². The summed E-state index contributed by atoms with van der Waals surface area (Å²) in [4.78, 5) is 13.0. The van der Waals surface area contributed by atoms with Crippen molar-refractivity contribution in [3.8, 4) is 5.75 Å². The van der Waals surface area contributed by atoms with Crippen molar-refractivity contribution in [3.63, 3.8) is 0 Å². The average Bonchev–Trinajstić information content (AvgIpc) is 2.30. The summed E-state index contributed by atoms with van der Waals surface area (Å²) >= 11 is 6.09. The fraction of sp³-hybridized carbons (Fsp3) is 0. The average molecular weight is 377 g/mol. The van der Waals surface area contributed by atoms with Gasteiger partial charge < -0.3 is 9.42 Å². The van der Waals surface area contributed by atoms with E-state index < -0.39 is 5.69 Å². The molecule has 0 saturated carbocycles. The molecule has 0 heterocycles. The first-order chi connectivity index (χ1) is 8.16. The van der Waals surface area contributed by atoms with Gasteiger partial charge in [0.2, 0.25) is 0 Å². The van der Waals surface area contributed by atoms with Crippen molar-refractivity contribution in [2.24, 2.45) is 0 Å². The van der Waals surface area contributed by atoms with E-state index >= 15 is 0 Å². The van der Waals surface area contributed by atoms with Crippen molar-refractivity contribution < 1.29 is 30.5 Å². The van der Waals surface area contributed by atoms with Gasteiger partial charge in [0.25, 0.3) is 0 Å². The van der Waals surface area contributed by atoms with Crippen molar-refractivity contribution >= 4 is 28.9 Å². The zero-order valence-corrected chi connectivity index (χ0v) is 13.8. The van der Waals surface area contributed by atoms with Crippen LogP contribution in [0.3, 0.4) is 0 Å². The van der Waals surface area contributed by atoms with Gasteiger partial charge in [-0.2, -0.15) is 0 Å². The molecule has 2 aromatic rings. The summed E-state index contributed by atoms with van der Waals surface area (Å²) in [5.41, 5.74) is -3.14. The molecule has 2 nitrogen and oxygen atoms in total. The van der Waals surface area contributed by atoms with E-state index in [2.05, 4.69) is 0 Å². The van der Waals surface area contributed by atoms with Crippen LogP contribution in [0.1, 0.15) is 0 Å². The molecule has 0 bridgehead atoms. The normalized spacial score (nSPS) is 13.2. The Balaban J connectivity index is 0.00000162. The van der Waals surface area contributed by atoms with Crippen LogP contribution < -0.4 is 9.42 Å². The minimum absolute atomic E-state index is 0. The first-order valence-electron chi connectivity index (χ1n) is 4.96. The molecule has 0 aromatic heterocycles. The molecule has 6 heteroatoms. The van der Waals surface area contributed by atoms with Gasteiger partial charge in [0, 0.05) is 4.90 Å². The van der Waals surface area contributed by atoms with Crippen molar-refractivity contribution in [1.29, 1.82) is 0 Å². The van der Waals surface area contributed by atoms with Crippen molar-refractivity contribution in [3.05, 3.63) is 60.7 Å². The van der Waals surface area contributed by atoms with Crippen molar-refractivity contribution in [2.75, 3.05) is 0 Å². The van der Waals surface area contributed by atoms with Crippen LogP contribution in [0.25, 0.3) is 0 Å². The quantitative estimate of drug-likeness (QED) is 0.604. The summed E-state index contributed by atoms with van der Waals surface area (Å²) in [6, 6.07) is 18.4. The van der Waals surface area contributed by atoms with Gasteiger partial charge in [-0.25, -0.2) is 0 Å². The molecule has 0 N–H and O–H groups in total. The minimum atomic E-state index is -3.14. The predicted molar refractivity (Wildman–Crippen MR) is 73.7 cm³/mol. The van der Waals surface area contributed by atoms with Crippen LogP contribution in [-0.2, 0) is 32.9 Å². The van der Waals surface area contributed by atoms with E-state index in [1.165, 1.54) is 0 Å². The summed E-state index contributed by atoms with van der Waals surface area (Å²) in [7, 11) is 0.